The van der Waals surface area contributed by atoms with Gasteiger partial charge in [-0.2, -0.15) is 0 Å². The molecule has 23 heteroatoms. The number of carbonyl (C=O) groups is 3. The molecule has 0 aliphatic carbocycles. The van der Waals surface area contributed by atoms with Crippen LogP contribution in [0, 0.1) is 0 Å². The molecule has 2 aliphatic rings. The zero-order chi connectivity index (χ0) is 47.9. The fourth-order valence-electron chi connectivity index (χ4n) is 7.93. The number of H-pyrrole nitrogens is 1. The van der Waals surface area contributed by atoms with Gasteiger partial charge in [-0.15, -0.1) is 0 Å². The number of carboxylic acids is 1. The van der Waals surface area contributed by atoms with Crippen LogP contribution in [0.1, 0.15) is 122 Å². The number of rotatable bonds is 33. The molecule has 17 N–H and O–H groups in total. The van der Waals surface area contributed by atoms with Gasteiger partial charge in [0, 0.05) is 31.9 Å². The van der Waals surface area contributed by atoms with Crippen molar-refractivity contribution < 1.29 is 54.1 Å². The van der Waals surface area contributed by atoms with E-state index in [1.165, 1.54) is 51.4 Å². The van der Waals surface area contributed by atoms with E-state index < -0.39 is 102 Å². The van der Waals surface area contributed by atoms with Gasteiger partial charge in [0.05, 0.1) is 6.04 Å². The van der Waals surface area contributed by atoms with Crippen LogP contribution in [0.15, 0.2) is 26.8 Å². The lowest BCUT2D eigenvalue weighted by molar-refractivity contribution is -0.228. The third kappa shape index (κ3) is 18.3. The summed E-state index contributed by atoms with van der Waals surface area (Å²) >= 11 is 0. The Morgan fingerprint density at radius 3 is 2.03 bits per heavy atom. The summed E-state index contributed by atoms with van der Waals surface area (Å²) < 4.78 is 18.1. The van der Waals surface area contributed by atoms with Crippen LogP contribution in [-0.2, 0) is 28.6 Å². The second-order valence-corrected chi connectivity index (χ2v) is 16.9. The minimum atomic E-state index is -1.88. The van der Waals surface area contributed by atoms with Gasteiger partial charge < -0.3 is 78.6 Å². The molecule has 0 spiro atoms. The lowest BCUT2D eigenvalue weighted by Gasteiger charge is -2.33. The number of nitrogens with one attached hydrogen (secondary N) is 4. The number of carboxylic acid groups (broad SMARTS) is 1. The topological polar surface area (TPSA) is 387 Å². The number of hydrogen-bond donors (Lipinski definition) is 13. The summed E-state index contributed by atoms with van der Waals surface area (Å²) in [7, 11) is 0. The molecule has 1 aromatic heterocycles. The molecular weight excluding hydrogens is 853 g/mol. The molecule has 1 aromatic rings. The fraction of sp³-hybridized carbons (Fsp3) is 0.810. The molecule has 0 bridgehead atoms. The molecule has 2 amide bonds. The average Bonchev–Trinajstić information content (AvgIpc) is 3.71. The molecule has 0 radical (unpaired) electrons. The summed E-state index contributed by atoms with van der Waals surface area (Å²) in [6.45, 7) is 2.23. The van der Waals surface area contributed by atoms with Gasteiger partial charge in [0.2, 0.25) is 11.8 Å². The van der Waals surface area contributed by atoms with Crippen molar-refractivity contribution in [1.29, 1.82) is 0 Å². The number of ether oxygens (including phenoxy) is 3. The van der Waals surface area contributed by atoms with Crippen LogP contribution < -0.4 is 50.1 Å². The monoisotopic (exact) mass is 929 g/mol. The lowest BCUT2D eigenvalue weighted by atomic mass is 9.98. The van der Waals surface area contributed by atoms with Crippen molar-refractivity contribution in [3.8, 4) is 0 Å². The SMILES string of the molecule is CCCCCCCCCCCCCCC[C@H](NC(=O)[C@@H](N)CCCN=C(N)N)C(=O)NCCCN[C@H](C(=O)O)[C@H](O[C@@H]1O[C@H](CN)[C@@H](O)[C@H]1O)[C@H]1O[C@@H](n2ccc(=O)[nH]c2=O)[C@H](O)[C@@H]1O. The zero-order valence-electron chi connectivity index (χ0n) is 37.6. The molecule has 2 aliphatic heterocycles. The van der Waals surface area contributed by atoms with E-state index in [-0.39, 0.29) is 38.4 Å². The molecule has 2 fully saturated rings. The molecule has 0 unspecified atom stereocenters. The highest BCUT2D eigenvalue weighted by atomic mass is 16.7. The summed E-state index contributed by atoms with van der Waals surface area (Å²) in [5.74, 6) is -2.55. The molecule has 12 atom stereocenters. The van der Waals surface area contributed by atoms with E-state index in [1.807, 2.05) is 4.98 Å². The average molecular weight is 929 g/mol. The van der Waals surface area contributed by atoms with Crippen molar-refractivity contribution in [1.82, 2.24) is 25.5 Å². The minimum absolute atomic E-state index is 0.0343. The Morgan fingerprint density at radius 1 is 0.831 bits per heavy atom. The lowest BCUT2D eigenvalue weighted by Crippen LogP contribution is -2.57. The standard InChI is InChI=1S/C42H76N10O13/c1-2-3-4-5-6-7-8-9-10-11-12-13-14-18-26(50-36(58)25(44)17-15-20-49-41(45)46)37(59)48-22-16-21-47-29(39(60)61)34(65-40-33(57)30(54)27(24-43)63-40)35-31(55)32(56)38(64-35)52-23-19-28(53)51-42(52)62/h19,23,25-27,29-35,38,40,47,54-57H,2-18,20-22,24,43-44H2,1H3,(H,48,59)(H,50,58)(H,60,61)(H4,45,46,49)(H,51,53,62)/t25-,26-,27+,29-,30+,31-,32+,33+,34-,35-,38+,40-/m0/s1. The van der Waals surface area contributed by atoms with E-state index in [0.29, 0.717) is 25.8 Å². The van der Waals surface area contributed by atoms with Gasteiger partial charge in [-0.25, -0.2) is 4.79 Å². The molecule has 0 saturated carbocycles. The van der Waals surface area contributed by atoms with Gasteiger partial charge in [0.1, 0.15) is 54.8 Å². The van der Waals surface area contributed by atoms with Crippen LogP contribution in [0.5, 0.6) is 0 Å². The Bertz CT molecular complexity index is 1720. The normalized spacial score (nSPS) is 24.8. The number of amides is 2. The number of unbranched alkanes of at least 4 members (excludes halogenated alkanes) is 12. The van der Waals surface area contributed by atoms with Gasteiger partial charge in [-0.05, 0) is 32.2 Å². The highest BCUT2D eigenvalue weighted by Crippen LogP contribution is 2.34. The molecule has 372 valence electrons. The summed E-state index contributed by atoms with van der Waals surface area (Å²) in [6, 6.07) is -2.57. The summed E-state index contributed by atoms with van der Waals surface area (Å²) in [4.78, 5) is 69.6. The first-order chi connectivity index (χ1) is 31.1. The van der Waals surface area contributed by atoms with Crippen LogP contribution in [0.2, 0.25) is 0 Å². The maximum Gasteiger partial charge on any atom is 0.330 e. The van der Waals surface area contributed by atoms with E-state index in [2.05, 4.69) is 27.9 Å². The first kappa shape index (κ1) is 55.3. The zero-order valence-corrected chi connectivity index (χ0v) is 37.6. The van der Waals surface area contributed by atoms with Crippen molar-refractivity contribution in [3.63, 3.8) is 0 Å². The number of carbonyl (C=O) groups excluding carboxylic acids is 2. The summed E-state index contributed by atoms with van der Waals surface area (Å²) in [5.41, 5.74) is 20.8. The molecular formula is C42H76N10O13. The van der Waals surface area contributed by atoms with Crippen molar-refractivity contribution in [2.75, 3.05) is 26.2 Å². The second-order valence-electron chi connectivity index (χ2n) is 16.9. The van der Waals surface area contributed by atoms with Crippen LogP contribution in [0.4, 0.5) is 0 Å². The largest absolute Gasteiger partial charge is 0.480 e. The third-order valence-corrected chi connectivity index (χ3v) is 11.7. The van der Waals surface area contributed by atoms with Crippen molar-refractivity contribution in [3.05, 3.63) is 33.1 Å². The van der Waals surface area contributed by atoms with Crippen molar-refractivity contribution in [2.24, 2.45) is 27.9 Å². The maximum absolute atomic E-state index is 13.5. The van der Waals surface area contributed by atoms with Gasteiger partial charge in [0.25, 0.3) is 5.56 Å². The van der Waals surface area contributed by atoms with Gasteiger partial charge >= 0.3 is 11.7 Å². The Morgan fingerprint density at radius 2 is 1.46 bits per heavy atom. The van der Waals surface area contributed by atoms with E-state index in [9.17, 15) is 49.5 Å². The first-order valence-electron chi connectivity index (χ1n) is 23.2. The Hall–Kier alpha value is -4.04. The summed E-state index contributed by atoms with van der Waals surface area (Å²) in [5, 5.41) is 62.0. The molecule has 65 heavy (non-hydrogen) atoms. The number of aliphatic hydroxyl groups excluding tert-OH is 4. The number of nitrogens with zero attached hydrogens (tertiary/aromatic N) is 2. The van der Waals surface area contributed by atoms with Crippen LogP contribution in [0.25, 0.3) is 0 Å². The fourth-order valence-corrected chi connectivity index (χ4v) is 7.93. The Kier molecular flexibility index (Phi) is 25.2. The maximum atomic E-state index is 13.5. The number of nitrogens with two attached hydrogens (primary N) is 4. The predicted octanol–water partition coefficient (Wildman–Crippen LogP) is -2.16. The molecule has 3 heterocycles. The Balaban J connectivity index is 1.63. The number of aliphatic imine (C=N–C) groups is 1. The second kappa shape index (κ2) is 29.6. The van der Waals surface area contributed by atoms with Gasteiger partial charge in [-0.1, -0.05) is 90.4 Å². The molecule has 3 rings (SSSR count). The Labute approximate surface area is 379 Å². The number of aromatic amines is 1. The number of aliphatic hydroxyl groups is 4. The van der Waals surface area contributed by atoms with Crippen LogP contribution >= 0.6 is 0 Å². The van der Waals surface area contributed by atoms with E-state index in [4.69, 9.17) is 37.1 Å². The van der Waals surface area contributed by atoms with E-state index in [1.54, 1.807) is 0 Å². The van der Waals surface area contributed by atoms with Crippen LogP contribution in [0.3, 0.4) is 0 Å². The molecule has 2 saturated heterocycles. The number of aromatic nitrogens is 2. The highest BCUT2D eigenvalue weighted by Gasteiger charge is 2.54. The predicted molar refractivity (Wildman–Crippen MR) is 239 cm³/mol. The molecule has 23 nitrogen and oxygen atoms in total. The van der Waals surface area contributed by atoms with Crippen molar-refractivity contribution in [2.45, 2.75) is 189 Å². The number of hydrogen-bond acceptors (Lipinski definition) is 16. The quantitative estimate of drug-likeness (QED) is 0.0203. The van der Waals surface area contributed by atoms with Gasteiger partial charge in [-0.3, -0.25) is 33.7 Å². The molecule has 0 aromatic carbocycles. The smallest absolute Gasteiger partial charge is 0.330 e. The third-order valence-electron chi connectivity index (χ3n) is 11.7. The van der Waals surface area contributed by atoms with E-state index in [0.717, 1.165) is 42.5 Å². The minimum Gasteiger partial charge on any atom is -0.480 e. The van der Waals surface area contributed by atoms with Gasteiger partial charge in [0.15, 0.2) is 18.5 Å². The van der Waals surface area contributed by atoms with Crippen molar-refractivity contribution >= 4 is 23.7 Å². The van der Waals surface area contributed by atoms with Crippen LogP contribution in [-0.4, -0.2) is 152 Å². The highest BCUT2D eigenvalue weighted by molar-refractivity contribution is 5.89. The number of aliphatic carboxylic acids is 1. The summed E-state index contributed by atoms with van der Waals surface area (Å²) in [6.07, 6.45) is 2.44. The number of guanidine groups is 1. The first-order valence-corrected chi connectivity index (χ1v) is 23.2. The van der Waals surface area contributed by atoms with E-state index >= 15 is 0 Å².